The van der Waals surface area contributed by atoms with Crippen LogP contribution in [0.4, 0.5) is 0 Å². The first-order valence-electron chi connectivity index (χ1n) is 9.56. The fourth-order valence-corrected chi connectivity index (χ4v) is 5.95. The second kappa shape index (κ2) is 7.29. The van der Waals surface area contributed by atoms with Crippen molar-refractivity contribution >= 4 is 60.3 Å². The highest BCUT2D eigenvalue weighted by Gasteiger charge is 2.23. The Morgan fingerprint density at radius 3 is 3.07 bits per heavy atom. The first-order valence-corrected chi connectivity index (χ1v) is 11.4. The number of carbonyl (C=O) groups excluding carboxylic acids is 1. The summed E-state index contributed by atoms with van der Waals surface area (Å²) in [6, 6.07) is 10.6. The van der Waals surface area contributed by atoms with Gasteiger partial charge in [-0.25, -0.2) is 15.0 Å². The highest BCUT2D eigenvalue weighted by atomic mass is 32.2. The van der Waals surface area contributed by atoms with Crippen molar-refractivity contribution < 1.29 is 4.79 Å². The van der Waals surface area contributed by atoms with E-state index in [1.165, 1.54) is 18.2 Å². The molecule has 7 heteroatoms. The number of nitrogens with zero attached hydrogens (tertiary/aromatic N) is 4. The van der Waals surface area contributed by atoms with Gasteiger partial charge >= 0.3 is 0 Å². The van der Waals surface area contributed by atoms with E-state index >= 15 is 0 Å². The minimum Gasteiger partial charge on any atom is -0.339 e. The molecule has 1 saturated heterocycles. The van der Waals surface area contributed by atoms with Crippen LogP contribution in [0.1, 0.15) is 26.2 Å². The van der Waals surface area contributed by atoms with Gasteiger partial charge in [0.15, 0.2) is 0 Å². The van der Waals surface area contributed by atoms with E-state index in [9.17, 15) is 4.79 Å². The van der Waals surface area contributed by atoms with Crippen molar-refractivity contribution in [1.29, 1.82) is 0 Å². The molecule has 0 saturated carbocycles. The number of fused-ring (bicyclic) bond motifs is 4. The van der Waals surface area contributed by atoms with Gasteiger partial charge in [-0.05, 0) is 38.3 Å². The third-order valence-corrected chi connectivity index (χ3v) is 7.57. The topological polar surface area (TPSA) is 59.0 Å². The molecule has 5 rings (SSSR count). The molecule has 4 aromatic rings. The molecule has 0 bridgehead atoms. The molecule has 4 heterocycles. The van der Waals surface area contributed by atoms with Crippen LogP contribution in [0.2, 0.25) is 0 Å². The van der Waals surface area contributed by atoms with Gasteiger partial charge in [-0.2, -0.15) is 0 Å². The highest BCUT2D eigenvalue weighted by Crippen LogP contribution is 2.37. The second-order valence-electron chi connectivity index (χ2n) is 7.21. The van der Waals surface area contributed by atoms with Crippen LogP contribution < -0.4 is 0 Å². The number of carbonyl (C=O) groups is 1. The number of benzene rings is 1. The molecule has 1 aromatic carbocycles. The molecule has 0 radical (unpaired) electrons. The molecule has 1 aliphatic rings. The van der Waals surface area contributed by atoms with E-state index in [0.29, 0.717) is 11.8 Å². The molecule has 0 aliphatic carbocycles. The van der Waals surface area contributed by atoms with E-state index in [1.807, 2.05) is 23.1 Å². The summed E-state index contributed by atoms with van der Waals surface area (Å²) in [6.07, 6.45) is 5.02. The van der Waals surface area contributed by atoms with Crippen molar-refractivity contribution in [3.05, 3.63) is 36.7 Å². The summed E-state index contributed by atoms with van der Waals surface area (Å²) in [5.41, 5.74) is 1.91. The number of aromatic nitrogens is 3. The van der Waals surface area contributed by atoms with Gasteiger partial charge in [-0.15, -0.1) is 11.3 Å². The lowest BCUT2D eigenvalue weighted by atomic mass is 10.0. The smallest absolute Gasteiger partial charge is 0.233 e. The molecular formula is C21H20N4OS2. The largest absolute Gasteiger partial charge is 0.339 e. The summed E-state index contributed by atoms with van der Waals surface area (Å²) in [5.74, 6) is 0.619. The molecule has 1 fully saturated rings. The van der Waals surface area contributed by atoms with Gasteiger partial charge in [0, 0.05) is 23.4 Å². The average molecular weight is 409 g/mol. The molecule has 3 aromatic heterocycles. The van der Waals surface area contributed by atoms with Gasteiger partial charge in [-0.3, -0.25) is 4.79 Å². The third-order valence-electron chi connectivity index (χ3n) is 5.37. The van der Waals surface area contributed by atoms with Crippen molar-refractivity contribution in [2.24, 2.45) is 0 Å². The van der Waals surface area contributed by atoms with Crippen LogP contribution in [-0.2, 0) is 4.79 Å². The highest BCUT2D eigenvalue weighted by molar-refractivity contribution is 8.00. The maximum Gasteiger partial charge on any atom is 0.233 e. The number of hydrogen-bond donors (Lipinski definition) is 0. The fraction of sp³-hybridized carbons (Fsp3) is 0.333. The first kappa shape index (κ1) is 17.8. The monoisotopic (exact) mass is 408 g/mol. The molecule has 1 aliphatic heterocycles. The Balaban J connectivity index is 1.47. The summed E-state index contributed by atoms with van der Waals surface area (Å²) in [5, 5.41) is 3.03. The number of thioether (sulfide) groups is 1. The number of amides is 1. The summed E-state index contributed by atoms with van der Waals surface area (Å²) < 4.78 is 1.02. The Morgan fingerprint density at radius 2 is 2.18 bits per heavy atom. The Kier molecular flexibility index (Phi) is 4.64. The van der Waals surface area contributed by atoms with Gasteiger partial charge in [0.05, 0.1) is 21.5 Å². The lowest BCUT2D eigenvalue weighted by Crippen LogP contribution is -2.42. The standard InChI is InChI=1S/C21H20N4OS2/c1-13-6-4-5-9-25(13)17(26)11-27-21-19-18(22-12-23-21)15-10-14-7-2-3-8-16(14)24-20(15)28-19/h2-3,7-8,10,12-13H,4-6,9,11H2,1H3. The van der Waals surface area contributed by atoms with Gasteiger partial charge in [-0.1, -0.05) is 30.0 Å². The van der Waals surface area contributed by atoms with Gasteiger partial charge in [0.2, 0.25) is 5.91 Å². The Hall–Kier alpha value is -2.25. The Morgan fingerprint density at radius 1 is 1.29 bits per heavy atom. The summed E-state index contributed by atoms with van der Waals surface area (Å²) in [4.78, 5) is 29.5. The van der Waals surface area contributed by atoms with E-state index in [4.69, 9.17) is 4.98 Å². The molecule has 0 N–H and O–H groups in total. The SMILES string of the molecule is CC1CCCCN1C(=O)CSc1ncnc2c1sc1nc3ccccc3cc12. The summed E-state index contributed by atoms with van der Waals surface area (Å²) in [6.45, 7) is 3.02. The number of pyridine rings is 1. The molecule has 0 spiro atoms. The van der Waals surface area contributed by atoms with Gasteiger partial charge < -0.3 is 4.90 Å². The molecule has 1 amide bonds. The first-order chi connectivity index (χ1) is 13.7. The number of likely N-dealkylation sites (tertiary alicyclic amines) is 1. The minimum atomic E-state index is 0.203. The minimum absolute atomic E-state index is 0.203. The van der Waals surface area contributed by atoms with E-state index in [-0.39, 0.29) is 5.91 Å². The number of thiophene rings is 1. The Labute approximate surface area is 171 Å². The van der Waals surface area contributed by atoms with E-state index in [0.717, 1.165) is 55.7 Å². The van der Waals surface area contributed by atoms with Crippen LogP contribution in [0.15, 0.2) is 41.7 Å². The van der Waals surface area contributed by atoms with E-state index in [1.54, 1.807) is 17.7 Å². The third kappa shape index (κ3) is 3.12. The maximum atomic E-state index is 12.7. The van der Waals surface area contributed by atoms with Crippen molar-refractivity contribution in [2.75, 3.05) is 12.3 Å². The van der Waals surface area contributed by atoms with Crippen molar-refractivity contribution in [3.8, 4) is 0 Å². The molecule has 1 atom stereocenters. The number of para-hydroxylation sites is 1. The van der Waals surface area contributed by atoms with Crippen LogP contribution in [0, 0.1) is 0 Å². The lowest BCUT2D eigenvalue weighted by Gasteiger charge is -2.33. The summed E-state index contributed by atoms with van der Waals surface area (Å²) in [7, 11) is 0. The number of hydrogen-bond acceptors (Lipinski definition) is 6. The molecule has 1 unspecified atom stereocenters. The van der Waals surface area contributed by atoms with Gasteiger partial charge in [0.25, 0.3) is 0 Å². The average Bonchev–Trinajstić information content (AvgIpc) is 3.08. The van der Waals surface area contributed by atoms with E-state index < -0.39 is 0 Å². The van der Waals surface area contributed by atoms with Crippen molar-refractivity contribution in [3.63, 3.8) is 0 Å². The normalized spacial score (nSPS) is 17.6. The van der Waals surface area contributed by atoms with Crippen LogP contribution >= 0.6 is 23.1 Å². The zero-order valence-electron chi connectivity index (χ0n) is 15.6. The molecular weight excluding hydrogens is 388 g/mol. The zero-order valence-corrected chi connectivity index (χ0v) is 17.2. The van der Waals surface area contributed by atoms with Gasteiger partial charge in [0.1, 0.15) is 16.2 Å². The molecule has 28 heavy (non-hydrogen) atoms. The summed E-state index contributed by atoms with van der Waals surface area (Å²) >= 11 is 3.12. The van der Waals surface area contributed by atoms with Crippen molar-refractivity contribution in [1.82, 2.24) is 19.9 Å². The number of rotatable bonds is 3. The van der Waals surface area contributed by atoms with Crippen LogP contribution in [-0.4, -0.2) is 44.1 Å². The molecule has 5 nitrogen and oxygen atoms in total. The Bertz CT molecular complexity index is 1190. The molecule has 142 valence electrons. The van der Waals surface area contributed by atoms with Crippen LogP contribution in [0.5, 0.6) is 0 Å². The lowest BCUT2D eigenvalue weighted by molar-refractivity contribution is -0.131. The zero-order chi connectivity index (χ0) is 19.1. The van der Waals surface area contributed by atoms with Crippen molar-refractivity contribution in [2.45, 2.75) is 37.3 Å². The quantitative estimate of drug-likeness (QED) is 0.357. The second-order valence-corrected chi connectivity index (χ2v) is 9.18. The number of piperidine rings is 1. The fourth-order valence-electron chi connectivity index (χ4n) is 3.87. The maximum absolute atomic E-state index is 12.7. The predicted octanol–water partition coefficient (Wildman–Crippen LogP) is 4.89. The van der Waals surface area contributed by atoms with Crippen LogP contribution in [0.3, 0.4) is 0 Å². The van der Waals surface area contributed by atoms with Crippen LogP contribution in [0.25, 0.3) is 31.3 Å². The van der Waals surface area contributed by atoms with E-state index in [2.05, 4.69) is 29.0 Å². The predicted molar refractivity (Wildman–Crippen MR) is 116 cm³/mol.